The maximum absolute atomic E-state index is 10.8. The van der Waals surface area contributed by atoms with Gasteiger partial charge in [0.05, 0.1) is 0 Å². The van der Waals surface area contributed by atoms with E-state index >= 15 is 0 Å². The monoisotopic (exact) mass is 225 g/mol. The zero-order valence-corrected chi connectivity index (χ0v) is 9.67. The molecule has 4 heteroatoms. The number of hydrogen-bond acceptors (Lipinski definition) is 3. The molecule has 1 rings (SSSR count). The number of carbonyl (C=O) groups excluding carboxylic acids is 1. The molecule has 1 aromatic carbocycles. The molecule has 0 aromatic heterocycles. The molecule has 0 radical (unpaired) electrons. The Morgan fingerprint density at radius 2 is 2.07 bits per heavy atom. The fraction of sp³-hybridized carbons (Fsp3) is 0.364. The molecule has 15 heavy (non-hydrogen) atoms. The van der Waals surface area contributed by atoms with Crippen molar-refractivity contribution >= 4 is 17.7 Å². The zero-order chi connectivity index (χ0) is 11.3. The van der Waals surface area contributed by atoms with Crippen molar-refractivity contribution in [1.82, 2.24) is 5.32 Å². The van der Waals surface area contributed by atoms with Crippen LogP contribution < -0.4 is 5.32 Å². The summed E-state index contributed by atoms with van der Waals surface area (Å²) in [7, 11) is 0. The number of nitrogens with one attached hydrogen (secondary N) is 1. The van der Waals surface area contributed by atoms with Gasteiger partial charge in [0, 0.05) is 23.6 Å². The van der Waals surface area contributed by atoms with Gasteiger partial charge in [-0.15, -0.1) is 11.8 Å². The van der Waals surface area contributed by atoms with E-state index in [-0.39, 0.29) is 17.7 Å². The van der Waals surface area contributed by atoms with Crippen LogP contribution in [0.1, 0.15) is 13.8 Å². The van der Waals surface area contributed by atoms with Gasteiger partial charge in [-0.25, -0.2) is 0 Å². The predicted octanol–water partition coefficient (Wildman–Crippen LogP) is 2.01. The van der Waals surface area contributed by atoms with E-state index in [1.807, 2.05) is 19.1 Å². The molecule has 0 aliphatic heterocycles. The van der Waals surface area contributed by atoms with E-state index in [0.717, 1.165) is 10.6 Å². The first-order valence-electron chi connectivity index (χ1n) is 4.77. The molecule has 0 heterocycles. The Morgan fingerprint density at radius 1 is 1.47 bits per heavy atom. The molecule has 1 atom stereocenters. The van der Waals surface area contributed by atoms with Gasteiger partial charge in [-0.2, -0.15) is 0 Å². The first-order valence-corrected chi connectivity index (χ1v) is 5.75. The average Bonchev–Trinajstić information content (AvgIpc) is 2.16. The Kier molecular flexibility index (Phi) is 4.49. The Labute approximate surface area is 93.9 Å². The smallest absolute Gasteiger partial charge is 0.217 e. The largest absolute Gasteiger partial charge is 0.508 e. The summed E-state index contributed by atoms with van der Waals surface area (Å²) < 4.78 is 0. The van der Waals surface area contributed by atoms with Crippen LogP contribution in [-0.4, -0.2) is 22.8 Å². The van der Waals surface area contributed by atoms with Crippen LogP contribution in [0.25, 0.3) is 0 Å². The molecule has 0 aliphatic carbocycles. The third-order valence-corrected chi connectivity index (χ3v) is 3.06. The third-order valence-electron chi connectivity index (χ3n) is 1.79. The van der Waals surface area contributed by atoms with Crippen molar-refractivity contribution in [3.63, 3.8) is 0 Å². The fourth-order valence-electron chi connectivity index (χ4n) is 1.15. The summed E-state index contributed by atoms with van der Waals surface area (Å²) in [5, 5.41) is 11.9. The summed E-state index contributed by atoms with van der Waals surface area (Å²) in [4.78, 5) is 11.8. The van der Waals surface area contributed by atoms with E-state index in [1.165, 1.54) is 6.92 Å². The summed E-state index contributed by atoms with van der Waals surface area (Å²) in [5.41, 5.74) is 0. The molecule has 1 unspecified atom stereocenters. The second-order valence-corrected chi connectivity index (χ2v) is 4.50. The van der Waals surface area contributed by atoms with Crippen LogP contribution in [0.2, 0.25) is 0 Å². The molecule has 1 aromatic rings. The Bertz CT molecular complexity index is 324. The predicted molar refractivity (Wildman–Crippen MR) is 62.1 cm³/mol. The number of hydrogen-bond donors (Lipinski definition) is 2. The normalized spacial score (nSPS) is 12.1. The van der Waals surface area contributed by atoms with Crippen molar-refractivity contribution in [3.05, 3.63) is 24.3 Å². The standard InChI is InChI=1S/C11H15NO2S/c1-8(12-9(2)13)7-15-11-5-3-10(14)4-6-11/h3-6,8,14H,7H2,1-2H3,(H,12,13). The van der Waals surface area contributed by atoms with Crippen LogP contribution in [0.15, 0.2) is 29.2 Å². The Hall–Kier alpha value is -1.16. The fourth-order valence-corrected chi connectivity index (χ4v) is 2.01. The number of phenolic OH excluding ortho intramolecular Hbond substituents is 1. The minimum Gasteiger partial charge on any atom is -0.508 e. The molecule has 2 N–H and O–H groups in total. The average molecular weight is 225 g/mol. The van der Waals surface area contributed by atoms with Gasteiger partial charge in [0.15, 0.2) is 0 Å². The highest BCUT2D eigenvalue weighted by atomic mass is 32.2. The molecular weight excluding hydrogens is 210 g/mol. The highest BCUT2D eigenvalue weighted by Gasteiger charge is 2.03. The lowest BCUT2D eigenvalue weighted by Gasteiger charge is -2.11. The van der Waals surface area contributed by atoms with Gasteiger partial charge in [0.2, 0.25) is 5.91 Å². The lowest BCUT2D eigenvalue weighted by atomic mass is 10.3. The second-order valence-electron chi connectivity index (χ2n) is 3.41. The highest BCUT2D eigenvalue weighted by Crippen LogP contribution is 2.21. The molecule has 0 spiro atoms. The molecule has 82 valence electrons. The van der Waals surface area contributed by atoms with Gasteiger partial charge >= 0.3 is 0 Å². The molecular formula is C11H15NO2S. The molecule has 1 amide bonds. The number of benzene rings is 1. The van der Waals surface area contributed by atoms with Crippen LogP contribution in [0.4, 0.5) is 0 Å². The van der Waals surface area contributed by atoms with Crippen LogP contribution in [0.5, 0.6) is 5.75 Å². The van der Waals surface area contributed by atoms with Crippen molar-refractivity contribution < 1.29 is 9.90 Å². The lowest BCUT2D eigenvalue weighted by molar-refractivity contribution is -0.119. The van der Waals surface area contributed by atoms with Gasteiger partial charge in [-0.3, -0.25) is 4.79 Å². The molecule has 0 saturated carbocycles. The first kappa shape index (κ1) is 11.9. The first-order chi connectivity index (χ1) is 7.08. The second kappa shape index (κ2) is 5.66. The van der Waals surface area contributed by atoms with Crippen LogP contribution in [0.3, 0.4) is 0 Å². The van der Waals surface area contributed by atoms with E-state index in [4.69, 9.17) is 5.11 Å². The molecule has 0 fully saturated rings. The minimum absolute atomic E-state index is 0.00574. The summed E-state index contributed by atoms with van der Waals surface area (Å²) in [6, 6.07) is 7.19. The van der Waals surface area contributed by atoms with E-state index in [2.05, 4.69) is 5.32 Å². The van der Waals surface area contributed by atoms with Crippen molar-refractivity contribution in [2.75, 3.05) is 5.75 Å². The van der Waals surface area contributed by atoms with Gasteiger partial charge < -0.3 is 10.4 Å². The topological polar surface area (TPSA) is 49.3 Å². The Morgan fingerprint density at radius 3 is 2.60 bits per heavy atom. The van der Waals surface area contributed by atoms with Crippen molar-refractivity contribution in [1.29, 1.82) is 0 Å². The number of thioether (sulfide) groups is 1. The van der Waals surface area contributed by atoms with Gasteiger partial charge in [-0.1, -0.05) is 0 Å². The maximum Gasteiger partial charge on any atom is 0.217 e. The van der Waals surface area contributed by atoms with Crippen molar-refractivity contribution in [2.45, 2.75) is 24.8 Å². The van der Waals surface area contributed by atoms with Gasteiger partial charge in [0.25, 0.3) is 0 Å². The van der Waals surface area contributed by atoms with Crippen LogP contribution >= 0.6 is 11.8 Å². The maximum atomic E-state index is 10.8. The molecule has 0 saturated heterocycles. The lowest BCUT2D eigenvalue weighted by Crippen LogP contribution is -2.32. The van der Waals surface area contributed by atoms with Gasteiger partial charge in [0.1, 0.15) is 5.75 Å². The van der Waals surface area contributed by atoms with E-state index in [1.54, 1.807) is 23.9 Å². The summed E-state index contributed by atoms with van der Waals surface area (Å²) in [6.07, 6.45) is 0. The Balaban J connectivity index is 2.36. The van der Waals surface area contributed by atoms with E-state index in [9.17, 15) is 4.79 Å². The highest BCUT2D eigenvalue weighted by molar-refractivity contribution is 7.99. The summed E-state index contributed by atoms with van der Waals surface area (Å²) in [5.74, 6) is 1.09. The van der Waals surface area contributed by atoms with Crippen molar-refractivity contribution in [2.24, 2.45) is 0 Å². The molecule has 0 bridgehead atoms. The van der Waals surface area contributed by atoms with Gasteiger partial charge in [-0.05, 0) is 31.2 Å². The van der Waals surface area contributed by atoms with Crippen LogP contribution in [-0.2, 0) is 4.79 Å². The number of amides is 1. The molecule has 0 aliphatic rings. The number of carbonyl (C=O) groups is 1. The van der Waals surface area contributed by atoms with E-state index in [0.29, 0.717) is 0 Å². The minimum atomic E-state index is -0.00574. The SMILES string of the molecule is CC(=O)NC(C)CSc1ccc(O)cc1. The third kappa shape index (κ3) is 4.74. The zero-order valence-electron chi connectivity index (χ0n) is 8.86. The summed E-state index contributed by atoms with van der Waals surface area (Å²) in [6.45, 7) is 3.48. The number of aromatic hydroxyl groups is 1. The number of rotatable bonds is 4. The van der Waals surface area contributed by atoms with Crippen LogP contribution in [0, 0.1) is 0 Å². The van der Waals surface area contributed by atoms with E-state index < -0.39 is 0 Å². The quantitative estimate of drug-likeness (QED) is 0.771. The summed E-state index contributed by atoms with van der Waals surface area (Å²) >= 11 is 1.65. The molecule has 3 nitrogen and oxygen atoms in total. The van der Waals surface area contributed by atoms with Crippen molar-refractivity contribution in [3.8, 4) is 5.75 Å². The number of phenols is 1.